The van der Waals surface area contributed by atoms with Gasteiger partial charge in [-0.05, 0) is 12.8 Å². The smallest absolute Gasteiger partial charge is 0.282 e. The van der Waals surface area contributed by atoms with Gasteiger partial charge in [0.15, 0.2) is 5.16 Å². The van der Waals surface area contributed by atoms with Crippen molar-refractivity contribution in [3.63, 3.8) is 0 Å². The molecule has 0 bridgehead atoms. The third kappa shape index (κ3) is 3.72. The molecule has 0 aromatic carbocycles. The van der Waals surface area contributed by atoms with Crippen molar-refractivity contribution in [2.75, 3.05) is 45.0 Å². The third-order valence-electron chi connectivity index (χ3n) is 5.53. The molecule has 0 N–H and O–H groups in total. The van der Waals surface area contributed by atoms with Crippen LogP contribution in [0.25, 0.3) is 0 Å². The Morgan fingerprint density at radius 1 is 0.929 bits per heavy atom. The maximum Gasteiger partial charge on any atom is 0.282 e. The molecule has 2 saturated heterocycles. The summed E-state index contributed by atoms with van der Waals surface area (Å²) in [5.41, 5.74) is -0.241. The summed E-state index contributed by atoms with van der Waals surface area (Å²) in [6.45, 7) is 2.76. The summed E-state index contributed by atoms with van der Waals surface area (Å²) in [7, 11) is -3.49. The molecule has 154 valence electrons. The van der Waals surface area contributed by atoms with Crippen LogP contribution in [0, 0.1) is 0 Å². The van der Waals surface area contributed by atoms with E-state index in [1.165, 1.54) is 26.8 Å². The molecule has 0 radical (unpaired) electrons. The van der Waals surface area contributed by atoms with Crippen LogP contribution < -0.4 is 5.56 Å². The van der Waals surface area contributed by atoms with Crippen LogP contribution in [-0.2, 0) is 16.8 Å². The van der Waals surface area contributed by atoms with Crippen molar-refractivity contribution in [2.24, 2.45) is 0 Å². The average Bonchev–Trinajstić information content (AvgIpc) is 3.01. The number of aromatic nitrogens is 2. The Bertz CT molecular complexity index is 901. The number of nitrogens with zero attached hydrogens (tertiary/aromatic N) is 5. The first-order valence-corrected chi connectivity index (χ1v) is 12.1. The fourth-order valence-electron chi connectivity index (χ4n) is 3.89. The van der Waals surface area contributed by atoms with Gasteiger partial charge in [0.05, 0.1) is 0 Å². The monoisotopic (exact) mass is 427 g/mol. The number of carbonyl (C=O) groups excluding carboxylic acids is 1. The maximum atomic E-state index is 12.9. The van der Waals surface area contributed by atoms with E-state index in [4.69, 9.17) is 0 Å². The fraction of sp³-hybridized carbons (Fsp3) is 0.706. The van der Waals surface area contributed by atoms with Gasteiger partial charge in [-0.1, -0.05) is 24.6 Å². The molecule has 4 heterocycles. The Kier molecular flexibility index (Phi) is 5.77. The highest BCUT2D eigenvalue weighted by atomic mass is 32.2. The summed E-state index contributed by atoms with van der Waals surface area (Å²) >= 11 is 1.50. The lowest BCUT2D eigenvalue weighted by molar-refractivity contribution is 0.0690. The zero-order chi connectivity index (χ0) is 19.7. The molecule has 0 aliphatic carbocycles. The number of thioether (sulfide) groups is 1. The average molecular weight is 428 g/mol. The predicted molar refractivity (Wildman–Crippen MR) is 106 cm³/mol. The molecule has 9 nitrogen and oxygen atoms in total. The molecule has 28 heavy (non-hydrogen) atoms. The van der Waals surface area contributed by atoms with E-state index < -0.39 is 10.2 Å². The Balaban J connectivity index is 1.43. The van der Waals surface area contributed by atoms with Crippen LogP contribution in [0.5, 0.6) is 0 Å². The van der Waals surface area contributed by atoms with Gasteiger partial charge in [0.25, 0.3) is 21.7 Å². The Labute approximate surface area is 168 Å². The van der Waals surface area contributed by atoms with E-state index in [9.17, 15) is 18.0 Å². The van der Waals surface area contributed by atoms with Gasteiger partial charge in [-0.15, -0.1) is 0 Å². The first-order valence-electron chi connectivity index (χ1n) is 9.75. The highest BCUT2D eigenvalue weighted by Crippen LogP contribution is 2.21. The molecule has 0 unspecified atom stereocenters. The summed E-state index contributed by atoms with van der Waals surface area (Å²) in [5, 5.41) is 0.648. The van der Waals surface area contributed by atoms with E-state index in [1.807, 2.05) is 0 Å². The van der Waals surface area contributed by atoms with Gasteiger partial charge in [-0.25, -0.2) is 4.98 Å². The maximum absolute atomic E-state index is 12.9. The van der Waals surface area contributed by atoms with Crippen LogP contribution in [-0.4, -0.2) is 82.4 Å². The number of hydrogen-bond donors (Lipinski definition) is 0. The largest absolute Gasteiger partial charge is 0.336 e. The topological polar surface area (TPSA) is 95.8 Å². The number of carbonyl (C=O) groups is 1. The van der Waals surface area contributed by atoms with E-state index >= 15 is 0 Å². The molecule has 2 fully saturated rings. The Morgan fingerprint density at radius 2 is 1.57 bits per heavy atom. The van der Waals surface area contributed by atoms with Gasteiger partial charge in [0.1, 0.15) is 5.56 Å². The number of piperazine rings is 1. The number of rotatable bonds is 3. The molecule has 4 rings (SSSR count). The summed E-state index contributed by atoms with van der Waals surface area (Å²) in [6, 6.07) is 0. The van der Waals surface area contributed by atoms with Crippen LogP contribution >= 0.6 is 11.8 Å². The standard InChI is InChI=1S/C17H25N5O4S2/c23-15(14-13-18-17-22(16(14)24)11-12-27-17)19-7-9-21(10-8-19)28(25,26)20-5-3-1-2-4-6-20/h13H,1-12H2. The Morgan fingerprint density at radius 3 is 2.25 bits per heavy atom. The van der Waals surface area contributed by atoms with Crippen LogP contribution in [0.1, 0.15) is 36.0 Å². The van der Waals surface area contributed by atoms with E-state index in [0.29, 0.717) is 24.8 Å². The van der Waals surface area contributed by atoms with Gasteiger partial charge >= 0.3 is 0 Å². The molecular weight excluding hydrogens is 402 g/mol. The molecule has 11 heteroatoms. The van der Waals surface area contributed by atoms with Gasteiger partial charge in [0.2, 0.25) is 0 Å². The van der Waals surface area contributed by atoms with E-state index in [2.05, 4.69) is 4.98 Å². The van der Waals surface area contributed by atoms with E-state index in [0.717, 1.165) is 31.4 Å². The normalized spacial score (nSPS) is 22.1. The second kappa shape index (κ2) is 8.13. The lowest BCUT2D eigenvalue weighted by Gasteiger charge is -2.36. The van der Waals surface area contributed by atoms with Crippen molar-refractivity contribution >= 4 is 27.9 Å². The zero-order valence-electron chi connectivity index (χ0n) is 15.7. The summed E-state index contributed by atoms with van der Waals surface area (Å²) in [5.74, 6) is 0.420. The van der Waals surface area contributed by atoms with E-state index in [1.54, 1.807) is 9.21 Å². The zero-order valence-corrected chi connectivity index (χ0v) is 17.4. The molecular formula is C17H25N5O4S2. The molecule has 0 atom stereocenters. The number of amides is 1. The molecule has 0 saturated carbocycles. The third-order valence-corrected chi connectivity index (χ3v) is 8.54. The van der Waals surface area contributed by atoms with Gasteiger partial charge in [-0.3, -0.25) is 14.2 Å². The molecule has 1 aromatic heterocycles. The minimum absolute atomic E-state index is 0.0649. The van der Waals surface area contributed by atoms with Crippen molar-refractivity contribution in [3.05, 3.63) is 22.1 Å². The highest BCUT2D eigenvalue weighted by Gasteiger charge is 2.34. The quantitative estimate of drug-likeness (QED) is 0.641. The molecule has 0 spiro atoms. The van der Waals surface area contributed by atoms with Crippen molar-refractivity contribution in [3.8, 4) is 0 Å². The van der Waals surface area contributed by atoms with Crippen LogP contribution in [0.2, 0.25) is 0 Å². The first kappa shape index (κ1) is 19.9. The van der Waals surface area contributed by atoms with Gasteiger partial charge in [0, 0.05) is 57.8 Å². The van der Waals surface area contributed by atoms with Crippen molar-refractivity contribution in [2.45, 2.75) is 37.4 Å². The second-order valence-electron chi connectivity index (χ2n) is 7.27. The minimum atomic E-state index is -3.49. The molecule has 3 aliphatic rings. The van der Waals surface area contributed by atoms with Gasteiger partial charge in [-0.2, -0.15) is 17.0 Å². The van der Waals surface area contributed by atoms with Crippen molar-refractivity contribution in [1.29, 1.82) is 0 Å². The van der Waals surface area contributed by atoms with Crippen LogP contribution in [0.3, 0.4) is 0 Å². The fourth-order valence-corrected chi connectivity index (χ4v) is 6.48. The summed E-state index contributed by atoms with van der Waals surface area (Å²) in [6.07, 6.45) is 5.28. The summed E-state index contributed by atoms with van der Waals surface area (Å²) in [4.78, 5) is 31.2. The highest BCUT2D eigenvalue weighted by molar-refractivity contribution is 7.99. The van der Waals surface area contributed by atoms with Crippen molar-refractivity contribution in [1.82, 2.24) is 23.1 Å². The second-order valence-corrected chi connectivity index (χ2v) is 10.3. The predicted octanol–water partition coefficient (Wildman–Crippen LogP) is 0.228. The summed E-state index contributed by atoms with van der Waals surface area (Å²) < 4.78 is 30.4. The van der Waals surface area contributed by atoms with E-state index in [-0.39, 0.29) is 43.2 Å². The lowest BCUT2D eigenvalue weighted by atomic mass is 10.2. The van der Waals surface area contributed by atoms with Crippen molar-refractivity contribution < 1.29 is 13.2 Å². The van der Waals surface area contributed by atoms with Crippen LogP contribution in [0.4, 0.5) is 0 Å². The minimum Gasteiger partial charge on any atom is -0.336 e. The molecule has 3 aliphatic heterocycles. The Hall–Kier alpha value is -1.43. The molecule has 1 aromatic rings. The number of fused-ring (bicyclic) bond motifs is 1. The molecule has 1 amide bonds. The van der Waals surface area contributed by atoms with Gasteiger partial charge < -0.3 is 4.90 Å². The first-order chi connectivity index (χ1) is 13.5. The SMILES string of the molecule is O=C(c1cnc2n(c1=O)CCS2)N1CCN(S(=O)(=O)N2CCCCCC2)CC1. The number of hydrogen-bond acceptors (Lipinski definition) is 6. The van der Waals surface area contributed by atoms with Crippen LogP contribution in [0.15, 0.2) is 16.1 Å². The lowest BCUT2D eigenvalue weighted by Crippen LogP contribution is -2.54.